The van der Waals surface area contributed by atoms with Gasteiger partial charge in [0.05, 0.1) is 46.2 Å². The number of rotatable bonds is 11. The number of hydrogen-bond donors (Lipinski definition) is 4. The minimum atomic E-state index is -0.936. The monoisotopic (exact) mass is 787 g/mol. The van der Waals surface area contributed by atoms with Gasteiger partial charge in [-0.1, -0.05) is 36.4 Å². The third-order valence-corrected chi connectivity index (χ3v) is 7.56. The Morgan fingerprint density at radius 1 is 0.807 bits per heavy atom. The molecule has 0 radical (unpaired) electrons. The van der Waals surface area contributed by atoms with Gasteiger partial charge in [-0.3, -0.25) is 9.59 Å². The Kier molecular flexibility index (Phi) is 20.4. The van der Waals surface area contributed by atoms with Crippen molar-refractivity contribution in [3.63, 3.8) is 0 Å². The molecule has 4 N–H and O–H groups in total. The largest absolute Gasteiger partial charge is 0.508 e. The van der Waals surface area contributed by atoms with E-state index in [1.807, 2.05) is 0 Å². The molecule has 302 valence electrons. The van der Waals surface area contributed by atoms with Crippen LogP contribution < -0.4 is 14.2 Å². The van der Waals surface area contributed by atoms with E-state index in [0.29, 0.717) is 36.4 Å². The quantitative estimate of drug-likeness (QED) is 0.0295. The van der Waals surface area contributed by atoms with Crippen LogP contribution >= 0.6 is 0 Å². The zero-order valence-corrected chi connectivity index (χ0v) is 32.0. The summed E-state index contributed by atoms with van der Waals surface area (Å²) >= 11 is 0. The molecule has 2 atom stereocenters. The second-order valence-corrected chi connectivity index (χ2v) is 11.6. The Morgan fingerprint density at radius 2 is 1.35 bits per heavy atom. The number of para-hydroxylation sites is 1. The number of benzene rings is 4. The van der Waals surface area contributed by atoms with Gasteiger partial charge in [0.1, 0.15) is 17.8 Å². The number of methoxy groups -OCH3 is 4. The first kappa shape index (κ1) is 46.2. The van der Waals surface area contributed by atoms with E-state index in [0.717, 1.165) is 11.1 Å². The van der Waals surface area contributed by atoms with Gasteiger partial charge in [-0.05, 0) is 94.4 Å². The van der Waals surface area contributed by atoms with Gasteiger partial charge in [0.15, 0.2) is 23.0 Å². The van der Waals surface area contributed by atoms with E-state index in [-0.39, 0.29) is 41.1 Å². The molecule has 1 saturated heterocycles. The molecule has 1 amide bonds. The highest BCUT2D eigenvalue weighted by atomic mass is 16.5. The molecule has 0 bridgehead atoms. The molecule has 1 aliphatic rings. The standard InChI is InChI=1S/C22H21N3O7.C9H8O2.C8H10O3.C2H6O/c1-30-19-10-15(9-17(21(19)28)22(29)24-25-23)18-8-14(11-31-18)12-32-20(27)7-4-13-2-5-16(26)6-3-13;10-7-1-2-8-3-5-9(11)6-4-8;1-10-6-4-3-5-7(11-2)8(6)9;1-3-2/h2-7,9-10,14,18,26,28H,8,11-12H2,1H3;1-7,11H;3-5,9H,1-2H3;1-2H3/b7-4+;2-1+;;. The van der Waals surface area contributed by atoms with E-state index in [9.17, 15) is 29.7 Å². The minimum Gasteiger partial charge on any atom is -0.508 e. The van der Waals surface area contributed by atoms with Crippen molar-refractivity contribution in [1.82, 2.24) is 0 Å². The van der Waals surface area contributed by atoms with Crippen LogP contribution in [0.3, 0.4) is 0 Å². The molecule has 1 heterocycles. The molecule has 5 rings (SSSR count). The highest BCUT2D eigenvalue weighted by Crippen LogP contribution is 2.39. The molecular weight excluding hydrogens is 742 g/mol. The number of phenolic OH excluding ortho intramolecular Hbond substituents is 4. The third-order valence-electron chi connectivity index (χ3n) is 7.56. The van der Waals surface area contributed by atoms with Gasteiger partial charge in [-0.25, -0.2) is 4.79 Å². The lowest BCUT2D eigenvalue weighted by Gasteiger charge is -2.14. The molecule has 16 nitrogen and oxygen atoms in total. The van der Waals surface area contributed by atoms with Crippen molar-refractivity contribution < 1.29 is 63.2 Å². The summed E-state index contributed by atoms with van der Waals surface area (Å²) in [4.78, 5) is 36.3. The summed E-state index contributed by atoms with van der Waals surface area (Å²) in [5.74, 6) is -0.624. The number of hydrogen-bond acceptors (Lipinski definition) is 13. The van der Waals surface area contributed by atoms with Crippen LogP contribution in [-0.2, 0) is 23.8 Å². The molecule has 0 spiro atoms. The van der Waals surface area contributed by atoms with Gasteiger partial charge < -0.3 is 48.8 Å². The van der Waals surface area contributed by atoms with Crippen LogP contribution in [0.5, 0.6) is 40.2 Å². The summed E-state index contributed by atoms with van der Waals surface area (Å²) in [6, 6.07) is 21.0. The molecule has 16 heteroatoms. The topological polar surface area (TPSA) is 236 Å². The fourth-order valence-corrected chi connectivity index (χ4v) is 4.83. The number of carbonyl (C=O) groups excluding carboxylic acids is 3. The van der Waals surface area contributed by atoms with Crippen LogP contribution in [0, 0.1) is 5.92 Å². The summed E-state index contributed by atoms with van der Waals surface area (Å²) in [7, 11) is 7.58. The van der Waals surface area contributed by atoms with Crippen molar-refractivity contribution in [2.75, 3.05) is 48.8 Å². The minimum absolute atomic E-state index is 0.0394. The van der Waals surface area contributed by atoms with E-state index in [2.05, 4.69) is 14.8 Å². The SMILES string of the molecule is COC.COc1cc(C2CC(COC(=O)/C=C/c3ccc(O)cc3)CO2)cc(C(=O)N=[N+]=[N-])c1O.COc1cccc(OC)c1O.O=C/C=C/c1ccc(O)cc1. The van der Waals surface area contributed by atoms with Crippen LogP contribution in [-0.4, -0.2) is 87.4 Å². The first-order valence-corrected chi connectivity index (χ1v) is 16.9. The van der Waals surface area contributed by atoms with Gasteiger partial charge >= 0.3 is 5.97 Å². The molecular formula is C41H45N3O13. The summed E-state index contributed by atoms with van der Waals surface area (Å²) in [5.41, 5.74) is 10.5. The summed E-state index contributed by atoms with van der Waals surface area (Å²) < 4.78 is 30.1. The Morgan fingerprint density at radius 3 is 1.86 bits per heavy atom. The average molecular weight is 788 g/mol. The van der Waals surface area contributed by atoms with Crippen molar-refractivity contribution >= 4 is 30.3 Å². The third kappa shape index (κ3) is 15.7. The second-order valence-electron chi connectivity index (χ2n) is 11.6. The number of amides is 1. The van der Waals surface area contributed by atoms with Crippen LogP contribution in [0.1, 0.15) is 39.6 Å². The first-order valence-electron chi connectivity index (χ1n) is 16.9. The first-order chi connectivity index (χ1) is 27.4. The maximum absolute atomic E-state index is 12.0. The number of aromatic hydroxyl groups is 4. The van der Waals surface area contributed by atoms with Crippen LogP contribution in [0.25, 0.3) is 22.6 Å². The number of ether oxygens (including phenoxy) is 6. The van der Waals surface area contributed by atoms with Gasteiger partial charge in [0, 0.05) is 31.1 Å². The molecule has 1 fully saturated rings. The number of aldehydes is 1. The fourth-order valence-electron chi connectivity index (χ4n) is 4.83. The Hall–Kier alpha value is -7.00. The number of esters is 1. The predicted octanol–water partition coefficient (Wildman–Crippen LogP) is 7.17. The van der Waals surface area contributed by atoms with Gasteiger partial charge in [-0.15, -0.1) is 0 Å². The molecule has 0 saturated carbocycles. The van der Waals surface area contributed by atoms with E-state index >= 15 is 0 Å². The Bertz CT molecular complexity index is 1970. The zero-order valence-electron chi connectivity index (χ0n) is 32.0. The van der Waals surface area contributed by atoms with Crippen LogP contribution in [0.2, 0.25) is 0 Å². The normalized spacial score (nSPS) is 14.0. The lowest BCUT2D eigenvalue weighted by Crippen LogP contribution is -2.12. The fraction of sp³-hybridized carbons (Fsp3) is 0.244. The van der Waals surface area contributed by atoms with Crippen molar-refractivity contribution in [3.05, 3.63) is 124 Å². The number of allylic oxidation sites excluding steroid dienone is 1. The summed E-state index contributed by atoms with van der Waals surface area (Å²) in [6.45, 7) is 0.484. The number of phenols is 4. The predicted molar refractivity (Wildman–Crippen MR) is 210 cm³/mol. The molecule has 4 aromatic carbocycles. The highest BCUT2D eigenvalue weighted by Gasteiger charge is 2.30. The number of nitrogens with zero attached hydrogens (tertiary/aromatic N) is 3. The van der Waals surface area contributed by atoms with Crippen LogP contribution in [0.15, 0.2) is 96.1 Å². The average Bonchev–Trinajstić information content (AvgIpc) is 3.70. The van der Waals surface area contributed by atoms with Gasteiger partial charge in [0.25, 0.3) is 5.91 Å². The van der Waals surface area contributed by atoms with Gasteiger partial charge in [0.2, 0.25) is 5.75 Å². The van der Waals surface area contributed by atoms with E-state index in [1.165, 1.54) is 51.7 Å². The van der Waals surface area contributed by atoms with E-state index in [4.69, 9.17) is 34.3 Å². The maximum Gasteiger partial charge on any atom is 0.330 e. The maximum atomic E-state index is 12.0. The Labute approximate surface area is 329 Å². The van der Waals surface area contributed by atoms with Gasteiger partial charge in [-0.2, -0.15) is 0 Å². The zero-order chi connectivity index (χ0) is 42.2. The molecule has 2 unspecified atom stereocenters. The smallest absolute Gasteiger partial charge is 0.330 e. The molecule has 0 aliphatic carbocycles. The van der Waals surface area contributed by atoms with E-state index in [1.54, 1.807) is 87.0 Å². The Balaban J connectivity index is 0.000000363. The lowest BCUT2D eigenvalue weighted by molar-refractivity contribution is -0.139. The summed E-state index contributed by atoms with van der Waals surface area (Å²) in [5, 5.41) is 40.7. The van der Waals surface area contributed by atoms with Crippen molar-refractivity contribution in [1.29, 1.82) is 0 Å². The van der Waals surface area contributed by atoms with Crippen molar-refractivity contribution in [3.8, 4) is 40.2 Å². The lowest BCUT2D eigenvalue weighted by atomic mass is 9.98. The van der Waals surface area contributed by atoms with Crippen molar-refractivity contribution in [2.24, 2.45) is 11.0 Å². The van der Waals surface area contributed by atoms with E-state index < -0.39 is 23.7 Å². The number of azide groups is 1. The van der Waals surface area contributed by atoms with Crippen molar-refractivity contribution in [2.45, 2.75) is 12.5 Å². The number of carbonyl (C=O) groups is 3. The van der Waals surface area contributed by atoms with Crippen LogP contribution in [0.4, 0.5) is 0 Å². The molecule has 1 aliphatic heterocycles. The summed E-state index contributed by atoms with van der Waals surface area (Å²) in [6.07, 6.45) is 6.78. The molecule has 57 heavy (non-hydrogen) atoms. The molecule has 0 aromatic heterocycles. The highest BCUT2D eigenvalue weighted by molar-refractivity contribution is 5.98. The molecule has 4 aromatic rings. The second kappa shape index (κ2) is 25.1.